The van der Waals surface area contributed by atoms with Crippen LogP contribution in [0, 0.1) is 23.8 Å². The fourth-order valence-electron chi connectivity index (χ4n) is 1.08. The summed E-state index contributed by atoms with van der Waals surface area (Å²) in [5, 5.41) is 21.4. The Labute approximate surface area is 137 Å². The molecule has 1 aromatic carbocycles. The zero-order chi connectivity index (χ0) is 17.2. The third kappa shape index (κ3) is 7.02. The Bertz CT molecular complexity index is 518. The second-order valence-electron chi connectivity index (χ2n) is 3.09. The van der Waals surface area contributed by atoms with Gasteiger partial charge in [-0.3, -0.25) is 20.2 Å². The molecule has 0 N–H and O–H groups in total. The summed E-state index contributed by atoms with van der Waals surface area (Å²) in [6, 6.07) is 2.06. The fraction of sp³-hybridized carbons (Fsp3) is 0.385. The lowest BCUT2D eigenvalue weighted by Gasteiger charge is -2.07. The lowest BCUT2D eigenvalue weighted by molar-refractivity contribution is -0.394. The van der Waals surface area contributed by atoms with Gasteiger partial charge in [0.1, 0.15) is 0 Å². The first-order valence-corrected chi connectivity index (χ1v) is 7.36. The lowest BCUT2D eigenvalue weighted by atomic mass is 10.2. The molecule has 1 aromatic rings. The van der Waals surface area contributed by atoms with E-state index in [1.165, 1.54) is 13.0 Å². The van der Waals surface area contributed by atoms with Gasteiger partial charge in [-0.05, 0) is 29.5 Å². The van der Waals surface area contributed by atoms with Crippen LogP contribution in [0.3, 0.4) is 0 Å². The Morgan fingerprint density at radius 1 is 1.14 bits per heavy atom. The molecule has 0 fully saturated rings. The summed E-state index contributed by atoms with van der Waals surface area (Å²) < 4.78 is 5.39. The van der Waals surface area contributed by atoms with Crippen LogP contribution in [0.25, 0.3) is 0 Å². The highest BCUT2D eigenvalue weighted by Gasteiger charge is 2.24. The van der Waals surface area contributed by atoms with E-state index in [2.05, 4.69) is 6.58 Å². The summed E-state index contributed by atoms with van der Waals surface area (Å²) in [5.41, 5.74) is -0.804. The number of hydrogen-bond donors (Lipinski definition) is 0. The van der Waals surface area contributed by atoms with Crippen molar-refractivity contribution in [2.24, 2.45) is 0 Å². The zero-order valence-electron chi connectivity index (χ0n) is 12.7. The SMILES string of the molecule is C=C(C)Oc1c(I)cc([N+](=O)[O-])cc1[N+](=O)[O-].CC.CC. The molecule has 0 heterocycles. The van der Waals surface area contributed by atoms with Crippen molar-refractivity contribution in [3.05, 3.63) is 48.3 Å². The van der Waals surface area contributed by atoms with Crippen molar-refractivity contribution in [1.82, 2.24) is 0 Å². The largest absolute Gasteiger partial charge is 0.454 e. The molecule has 8 heteroatoms. The molecule has 0 amide bonds. The maximum atomic E-state index is 10.8. The molecule has 0 saturated heterocycles. The number of nitro groups is 2. The number of ether oxygens (including phenoxy) is 1. The molecule has 0 aromatic heterocycles. The summed E-state index contributed by atoms with van der Waals surface area (Å²) in [4.78, 5) is 20.0. The molecule has 118 valence electrons. The number of rotatable bonds is 4. The van der Waals surface area contributed by atoms with Gasteiger partial charge in [0, 0.05) is 6.07 Å². The Hall–Kier alpha value is -1.71. The first-order valence-electron chi connectivity index (χ1n) is 6.28. The number of halogens is 1. The quantitative estimate of drug-likeness (QED) is 0.299. The Kier molecular flexibility index (Phi) is 11.3. The lowest BCUT2D eigenvalue weighted by Crippen LogP contribution is -2.00. The van der Waals surface area contributed by atoms with Crippen molar-refractivity contribution < 1.29 is 14.6 Å². The predicted octanol–water partition coefficient (Wildman–Crippen LogP) is 5.07. The highest BCUT2D eigenvalue weighted by molar-refractivity contribution is 14.1. The summed E-state index contributed by atoms with van der Waals surface area (Å²) >= 11 is 1.74. The molecule has 0 saturated carbocycles. The number of allylic oxidation sites excluding steroid dienone is 1. The van der Waals surface area contributed by atoms with Crippen LogP contribution >= 0.6 is 22.6 Å². The topological polar surface area (TPSA) is 95.5 Å². The van der Waals surface area contributed by atoms with E-state index in [-0.39, 0.29) is 20.8 Å². The highest BCUT2D eigenvalue weighted by Crippen LogP contribution is 2.37. The van der Waals surface area contributed by atoms with Crippen molar-refractivity contribution in [3.63, 3.8) is 0 Å². The second-order valence-corrected chi connectivity index (χ2v) is 4.26. The monoisotopic (exact) mass is 410 g/mol. The van der Waals surface area contributed by atoms with Gasteiger partial charge in [0.05, 0.1) is 25.2 Å². The molecule has 0 radical (unpaired) electrons. The fourth-order valence-corrected chi connectivity index (χ4v) is 1.79. The molecule has 0 atom stereocenters. The smallest absolute Gasteiger partial charge is 0.319 e. The van der Waals surface area contributed by atoms with Crippen LogP contribution in [0.4, 0.5) is 11.4 Å². The first kappa shape index (κ1) is 21.6. The van der Waals surface area contributed by atoms with E-state index in [0.717, 1.165) is 6.07 Å². The van der Waals surface area contributed by atoms with E-state index in [0.29, 0.717) is 0 Å². The van der Waals surface area contributed by atoms with Gasteiger partial charge >= 0.3 is 5.69 Å². The van der Waals surface area contributed by atoms with Gasteiger partial charge in [0.15, 0.2) is 0 Å². The van der Waals surface area contributed by atoms with E-state index < -0.39 is 15.5 Å². The van der Waals surface area contributed by atoms with Crippen molar-refractivity contribution in [3.8, 4) is 5.75 Å². The number of nitro benzene ring substituents is 2. The standard InChI is InChI=1S/C9H7IN2O5.2C2H6/c1-5(2)17-9-7(10)3-6(11(13)14)4-8(9)12(15)16;2*1-2/h3-4H,1H2,2H3;2*1-2H3. The van der Waals surface area contributed by atoms with Crippen LogP contribution < -0.4 is 4.74 Å². The highest BCUT2D eigenvalue weighted by atomic mass is 127. The summed E-state index contributed by atoms with van der Waals surface area (Å²) in [6.45, 7) is 13.0. The first-order chi connectivity index (χ1) is 9.82. The van der Waals surface area contributed by atoms with E-state index >= 15 is 0 Å². The Morgan fingerprint density at radius 2 is 1.62 bits per heavy atom. The third-order valence-corrected chi connectivity index (χ3v) is 2.49. The molecule has 7 nitrogen and oxygen atoms in total. The molecule has 0 aliphatic rings. The van der Waals surface area contributed by atoms with Gasteiger partial charge in [-0.25, -0.2) is 0 Å². The van der Waals surface area contributed by atoms with Crippen LogP contribution in [0.5, 0.6) is 5.75 Å². The van der Waals surface area contributed by atoms with Gasteiger partial charge in [-0.15, -0.1) is 0 Å². The molecule has 0 aliphatic carbocycles. The van der Waals surface area contributed by atoms with Gasteiger partial charge in [0.25, 0.3) is 5.69 Å². The number of benzene rings is 1. The minimum absolute atomic E-state index is 0.0336. The normalized spacial score (nSPS) is 8.48. The minimum atomic E-state index is -0.729. The van der Waals surface area contributed by atoms with Crippen LogP contribution in [0.2, 0.25) is 0 Å². The zero-order valence-corrected chi connectivity index (χ0v) is 14.8. The van der Waals surface area contributed by atoms with Gasteiger partial charge in [-0.2, -0.15) is 0 Å². The third-order valence-electron chi connectivity index (χ3n) is 1.69. The second kappa shape index (κ2) is 11.0. The minimum Gasteiger partial charge on any atom is -0.454 e. The Balaban J connectivity index is 0. The summed E-state index contributed by atoms with van der Waals surface area (Å²) in [6.07, 6.45) is 0. The van der Waals surface area contributed by atoms with E-state index in [1.807, 2.05) is 27.7 Å². The summed E-state index contributed by atoms with van der Waals surface area (Å²) in [7, 11) is 0. The summed E-state index contributed by atoms with van der Waals surface area (Å²) in [5.74, 6) is 0.230. The number of non-ortho nitro benzene ring substituents is 1. The average Bonchev–Trinajstić information content (AvgIpc) is 2.44. The molecule has 21 heavy (non-hydrogen) atoms. The predicted molar refractivity (Wildman–Crippen MR) is 90.6 cm³/mol. The molecule has 0 unspecified atom stereocenters. The van der Waals surface area contributed by atoms with Crippen LogP contribution in [-0.2, 0) is 0 Å². The van der Waals surface area contributed by atoms with Gasteiger partial charge in [-0.1, -0.05) is 34.3 Å². The molecular formula is C13H19IN2O5. The molecule has 0 bridgehead atoms. The molecular weight excluding hydrogens is 391 g/mol. The van der Waals surface area contributed by atoms with E-state index in [9.17, 15) is 20.2 Å². The van der Waals surface area contributed by atoms with Crippen molar-refractivity contribution >= 4 is 34.0 Å². The van der Waals surface area contributed by atoms with Gasteiger partial charge < -0.3 is 4.74 Å². The van der Waals surface area contributed by atoms with Crippen molar-refractivity contribution in [2.75, 3.05) is 0 Å². The van der Waals surface area contributed by atoms with Crippen LogP contribution in [-0.4, -0.2) is 9.85 Å². The van der Waals surface area contributed by atoms with E-state index in [1.54, 1.807) is 22.6 Å². The number of hydrogen-bond acceptors (Lipinski definition) is 5. The van der Waals surface area contributed by atoms with Crippen molar-refractivity contribution in [1.29, 1.82) is 0 Å². The molecule has 0 spiro atoms. The number of nitrogens with zero attached hydrogens (tertiary/aromatic N) is 2. The van der Waals surface area contributed by atoms with Gasteiger partial charge in [0.2, 0.25) is 5.75 Å². The molecule has 0 aliphatic heterocycles. The van der Waals surface area contributed by atoms with Crippen LogP contribution in [0.1, 0.15) is 34.6 Å². The van der Waals surface area contributed by atoms with Crippen LogP contribution in [0.15, 0.2) is 24.5 Å². The average molecular weight is 410 g/mol. The Morgan fingerprint density at radius 3 is 1.95 bits per heavy atom. The maximum Gasteiger partial charge on any atom is 0.319 e. The maximum absolute atomic E-state index is 10.8. The van der Waals surface area contributed by atoms with E-state index in [4.69, 9.17) is 4.74 Å². The molecule has 1 rings (SSSR count). The van der Waals surface area contributed by atoms with Crippen molar-refractivity contribution in [2.45, 2.75) is 34.6 Å².